The molecule has 0 rings (SSSR count). The van der Waals surface area contributed by atoms with E-state index in [1.54, 1.807) is 0 Å². The van der Waals surface area contributed by atoms with E-state index in [2.05, 4.69) is 25.3 Å². The Morgan fingerprint density at radius 2 is 1.17 bits per heavy atom. The Kier molecular flexibility index (Phi) is 1.97. The molecule has 0 saturated carbocycles. The van der Waals surface area contributed by atoms with Crippen molar-refractivity contribution < 1.29 is 9.59 Å². The molecule has 34 valence electrons. The Morgan fingerprint density at radius 3 is 1.17 bits per heavy atom. The zero-order valence-electron chi connectivity index (χ0n) is 2.63. The lowest BCUT2D eigenvalue weighted by Crippen LogP contribution is -2.03. The SMILES string of the molecule is O=C([S-])C(=O)[S-]. The fraction of sp³-hybridized carbons (Fsp3) is 0. The summed E-state index contributed by atoms with van der Waals surface area (Å²) >= 11 is 7.62. The summed E-state index contributed by atoms with van der Waals surface area (Å²) in [6.45, 7) is 0. The van der Waals surface area contributed by atoms with Crippen LogP contribution in [-0.2, 0) is 34.8 Å². The fourth-order valence-electron chi connectivity index (χ4n) is 0. The molecule has 6 heavy (non-hydrogen) atoms. The van der Waals surface area contributed by atoms with Crippen molar-refractivity contribution in [2.24, 2.45) is 0 Å². The molecule has 0 heterocycles. The van der Waals surface area contributed by atoms with Gasteiger partial charge in [-0.3, -0.25) is 0 Å². The van der Waals surface area contributed by atoms with Crippen molar-refractivity contribution in [3.63, 3.8) is 0 Å². The Labute approximate surface area is 45.7 Å². The average Bonchev–Trinajstić information content (AvgIpc) is 1.36. The predicted molar refractivity (Wildman–Crippen MR) is 24.7 cm³/mol. The maximum absolute atomic E-state index is 9.50. The second kappa shape index (κ2) is 2.04. The third-order valence-corrected chi connectivity index (χ3v) is 0.667. The zero-order valence-corrected chi connectivity index (χ0v) is 4.27. The summed E-state index contributed by atoms with van der Waals surface area (Å²) in [6.07, 6.45) is 0. The highest BCUT2D eigenvalue weighted by molar-refractivity contribution is 7.91. The Hall–Kier alpha value is -0.220. The van der Waals surface area contributed by atoms with Crippen LogP contribution in [0.2, 0.25) is 0 Å². The Morgan fingerprint density at radius 1 is 1.00 bits per heavy atom. The molecule has 0 N–H and O–H groups in total. The summed E-state index contributed by atoms with van der Waals surface area (Å²) in [5.41, 5.74) is 0. The van der Waals surface area contributed by atoms with Gasteiger partial charge in [0.25, 0.3) is 0 Å². The highest BCUT2D eigenvalue weighted by atomic mass is 32.1. The minimum Gasteiger partial charge on any atom is -0.736 e. The van der Waals surface area contributed by atoms with Crippen molar-refractivity contribution in [2.45, 2.75) is 0 Å². The summed E-state index contributed by atoms with van der Waals surface area (Å²) in [7, 11) is 0. The van der Waals surface area contributed by atoms with Crippen LogP contribution in [0.5, 0.6) is 0 Å². The molecule has 0 aromatic heterocycles. The molecule has 0 aliphatic carbocycles. The van der Waals surface area contributed by atoms with Gasteiger partial charge in [-0.2, -0.15) is 0 Å². The monoisotopic (exact) mass is 120 g/mol. The molecule has 0 fully saturated rings. The van der Waals surface area contributed by atoms with E-state index in [-0.39, 0.29) is 0 Å². The van der Waals surface area contributed by atoms with Gasteiger partial charge in [0.15, 0.2) is 0 Å². The molecule has 0 saturated heterocycles. The van der Waals surface area contributed by atoms with Gasteiger partial charge in [0, 0.05) is 0 Å². The summed E-state index contributed by atoms with van der Waals surface area (Å²) < 4.78 is 0. The number of hydrogen-bond donors (Lipinski definition) is 0. The molecule has 2 nitrogen and oxygen atoms in total. The van der Waals surface area contributed by atoms with Gasteiger partial charge < -0.3 is 34.8 Å². The molecule has 0 bridgehead atoms. The quantitative estimate of drug-likeness (QED) is 0.333. The van der Waals surface area contributed by atoms with Crippen molar-refractivity contribution in [1.29, 1.82) is 0 Å². The Bertz CT molecular complexity index is 75.5. The highest BCUT2D eigenvalue weighted by Crippen LogP contribution is 1.62. The summed E-state index contributed by atoms with van der Waals surface area (Å²) in [5.74, 6) is 0. The van der Waals surface area contributed by atoms with E-state index in [1.807, 2.05) is 0 Å². The van der Waals surface area contributed by atoms with Gasteiger partial charge in [-0.15, -0.1) is 0 Å². The minimum absolute atomic E-state index is 0.981. The maximum atomic E-state index is 9.50. The first-order valence-corrected chi connectivity index (χ1v) is 1.88. The summed E-state index contributed by atoms with van der Waals surface area (Å²) in [5, 5.41) is -1.96. The molecular formula is C2O2S2-2. The lowest BCUT2D eigenvalue weighted by atomic mass is 10.9. The molecule has 0 aliphatic rings. The van der Waals surface area contributed by atoms with Crippen LogP contribution in [0, 0.1) is 0 Å². The minimum atomic E-state index is -0.981. The normalized spacial score (nSPS) is 7.33. The molecule has 0 aromatic rings. The van der Waals surface area contributed by atoms with E-state index in [0.29, 0.717) is 0 Å². The smallest absolute Gasteiger partial charge is 0.0550 e. The van der Waals surface area contributed by atoms with Crippen LogP contribution in [0.15, 0.2) is 0 Å². The van der Waals surface area contributed by atoms with E-state index in [4.69, 9.17) is 0 Å². The fourth-order valence-corrected chi connectivity index (χ4v) is 0. The summed E-state index contributed by atoms with van der Waals surface area (Å²) in [6, 6.07) is 0. The number of hydrogen-bond acceptors (Lipinski definition) is 4. The largest absolute Gasteiger partial charge is 0.736 e. The molecule has 0 radical (unpaired) electrons. The lowest BCUT2D eigenvalue weighted by Gasteiger charge is -2.02. The van der Waals surface area contributed by atoms with Crippen LogP contribution in [-0.4, -0.2) is 10.2 Å². The molecular weight excluding hydrogens is 120 g/mol. The van der Waals surface area contributed by atoms with E-state index >= 15 is 0 Å². The van der Waals surface area contributed by atoms with Gasteiger partial charge in [0.05, 0.1) is 10.2 Å². The first-order chi connectivity index (χ1) is 2.64. The van der Waals surface area contributed by atoms with Crippen LogP contribution in [0.4, 0.5) is 0 Å². The number of carbonyl (C=O) groups is 2. The van der Waals surface area contributed by atoms with Crippen LogP contribution in [0.25, 0.3) is 0 Å². The molecule has 4 heteroatoms. The van der Waals surface area contributed by atoms with Gasteiger partial charge in [0.1, 0.15) is 0 Å². The van der Waals surface area contributed by atoms with Crippen LogP contribution in [0.1, 0.15) is 0 Å². The first kappa shape index (κ1) is 5.78. The zero-order chi connectivity index (χ0) is 5.15. The van der Waals surface area contributed by atoms with E-state index in [9.17, 15) is 9.59 Å². The number of carbonyl (C=O) groups excluding carboxylic acids is 2. The van der Waals surface area contributed by atoms with Gasteiger partial charge in [-0.25, -0.2) is 0 Å². The van der Waals surface area contributed by atoms with Gasteiger partial charge in [-0.05, 0) is 0 Å². The highest BCUT2D eigenvalue weighted by Gasteiger charge is 1.71. The third kappa shape index (κ3) is 2.04. The van der Waals surface area contributed by atoms with Crippen molar-refractivity contribution >= 4 is 35.5 Å². The van der Waals surface area contributed by atoms with Gasteiger partial charge >= 0.3 is 0 Å². The van der Waals surface area contributed by atoms with Crippen molar-refractivity contribution in [2.75, 3.05) is 0 Å². The van der Waals surface area contributed by atoms with Crippen LogP contribution in [0.3, 0.4) is 0 Å². The topological polar surface area (TPSA) is 34.1 Å². The predicted octanol–water partition coefficient (Wildman–Crippen LogP) is -0.867. The summed E-state index contributed by atoms with van der Waals surface area (Å²) in [4.78, 5) is 19.0. The molecule has 0 spiro atoms. The lowest BCUT2D eigenvalue weighted by molar-refractivity contribution is -0.126. The van der Waals surface area contributed by atoms with E-state index in [1.165, 1.54) is 0 Å². The van der Waals surface area contributed by atoms with Crippen molar-refractivity contribution in [1.82, 2.24) is 0 Å². The second-order valence-corrected chi connectivity index (χ2v) is 1.32. The average molecular weight is 120 g/mol. The molecule has 0 atom stereocenters. The van der Waals surface area contributed by atoms with Gasteiger partial charge in [-0.1, -0.05) is 0 Å². The van der Waals surface area contributed by atoms with E-state index in [0.717, 1.165) is 0 Å². The maximum Gasteiger partial charge on any atom is 0.0550 e. The second-order valence-electron chi connectivity index (χ2n) is 0.575. The van der Waals surface area contributed by atoms with Crippen molar-refractivity contribution in [3.8, 4) is 0 Å². The van der Waals surface area contributed by atoms with Crippen molar-refractivity contribution in [3.05, 3.63) is 0 Å². The van der Waals surface area contributed by atoms with Crippen LogP contribution < -0.4 is 0 Å². The molecule has 0 aromatic carbocycles. The third-order valence-electron chi connectivity index (χ3n) is 0.167. The molecule has 0 amide bonds. The molecule has 0 unspecified atom stereocenters. The first-order valence-electron chi connectivity index (χ1n) is 1.07. The molecule has 0 aliphatic heterocycles. The number of rotatable bonds is 1. The Balaban J connectivity index is 3.57. The van der Waals surface area contributed by atoms with Gasteiger partial charge in [0.2, 0.25) is 0 Å². The van der Waals surface area contributed by atoms with E-state index < -0.39 is 10.2 Å². The van der Waals surface area contributed by atoms with Crippen LogP contribution >= 0.6 is 0 Å². The standard InChI is InChI=1S/C2H2O2S2/c3-1(5)2(4)6/h(H,3,5)(H,4,6)/p-2.